The average Bonchev–Trinajstić information content (AvgIpc) is 2.75. The summed E-state index contributed by atoms with van der Waals surface area (Å²) in [5.74, 6) is 0.0865. The van der Waals surface area contributed by atoms with E-state index in [1.807, 2.05) is 0 Å². The highest BCUT2D eigenvalue weighted by atomic mass is 79.9. The first-order valence-electron chi connectivity index (χ1n) is 5.60. The van der Waals surface area contributed by atoms with Crippen LogP contribution in [-0.4, -0.2) is 5.91 Å². The Balaban J connectivity index is 2.08. The van der Waals surface area contributed by atoms with Gasteiger partial charge in [-0.3, -0.25) is 4.79 Å². The van der Waals surface area contributed by atoms with Gasteiger partial charge in [0.1, 0.15) is 11.6 Å². The van der Waals surface area contributed by atoms with E-state index in [2.05, 4.69) is 26.6 Å². The van der Waals surface area contributed by atoms with E-state index in [9.17, 15) is 9.18 Å². The molecule has 6 heteroatoms. The summed E-state index contributed by atoms with van der Waals surface area (Å²) in [4.78, 5) is 10.9. The maximum Gasteiger partial charge on any atom is 0.221 e. The summed E-state index contributed by atoms with van der Waals surface area (Å²) < 4.78 is 19.5. The Hall–Kier alpha value is -1.82. The molecule has 0 spiro atoms. The number of hydrogen-bond donors (Lipinski definition) is 2. The van der Waals surface area contributed by atoms with E-state index in [1.54, 1.807) is 12.1 Å². The second kappa shape index (κ2) is 5.88. The molecule has 4 nitrogen and oxygen atoms in total. The molecule has 0 atom stereocenters. The molecule has 2 rings (SSSR count). The molecule has 0 saturated carbocycles. The van der Waals surface area contributed by atoms with Gasteiger partial charge in [-0.05, 0) is 46.3 Å². The number of amides is 1. The lowest BCUT2D eigenvalue weighted by atomic mass is 10.2. The quantitative estimate of drug-likeness (QED) is 0.899. The van der Waals surface area contributed by atoms with Gasteiger partial charge in [-0.2, -0.15) is 0 Å². The number of carbonyl (C=O) groups is 1. The number of halogens is 2. The molecule has 0 aliphatic heterocycles. The Morgan fingerprint density at radius 1 is 1.37 bits per heavy atom. The van der Waals surface area contributed by atoms with Gasteiger partial charge < -0.3 is 15.1 Å². The number of carbonyl (C=O) groups excluding carboxylic acids is 1. The number of hydrogen-bond acceptors (Lipinski definition) is 3. The molecule has 1 heterocycles. The first-order valence-corrected chi connectivity index (χ1v) is 6.39. The van der Waals surface area contributed by atoms with Crippen molar-refractivity contribution in [1.29, 1.82) is 0 Å². The van der Waals surface area contributed by atoms with Crippen molar-refractivity contribution in [3.8, 4) is 0 Å². The highest BCUT2D eigenvalue weighted by Gasteiger charge is 2.06. The third-order valence-corrected chi connectivity index (χ3v) is 2.79. The van der Waals surface area contributed by atoms with Crippen LogP contribution in [0.25, 0.3) is 0 Å². The molecule has 1 amide bonds. The number of nitrogens with one attached hydrogen (secondary N) is 2. The highest BCUT2D eigenvalue weighted by Crippen LogP contribution is 2.21. The Kier molecular flexibility index (Phi) is 4.21. The Morgan fingerprint density at radius 2 is 2.16 bits per heavy atom. The van der Waals surface area contributed by atoms with Crippen LogP contribution in [0, 0.1) is 5.82 Å². The number of rotatable bonds is 4. The lowest BCUT2D eigenvalue weighted by Crippen LogP contribution is -2.07. The normalized spacial score (nSPS) is 10.3. The Labute approximate surface area is 118 Å². The van der Waals surface area contributed by atoms with Crippen LogP contribution in [-0.2, 0) is 11.3 Å². The number of anilines is 2. The van der Waals surface area contributed by atoms with Crippen LogP contribution in [0.15, 0.2) is 39.4 Å². The highest BCUT2D eigenvalue weighted by molar-refractivity contribution is 9.10. The first-order chi connectivity index (χ1) is 9.04. The molecule has 1 aromatic carbocycles. The van der Waals surface area contributed by atoms with Gasteiger partial charge >= 0.3 is 0 Å². The van der Waals surface area contributed by atoms with E-state index in [0.717, 1.165) is 0 Å². The molecular weight excluding hydrogens is 315 g/mol. The van der Waals surface area contributed by atoms with Gasteiger partial charge in [0, 0.05) is 12.6 Å². The van der Waals surface area contributed by atoms with Gasteiger partial charge in [-0.15, -0.1) is 0 Å². The minimum absolute atomic E-state index is 0.201. The molecular formula is C13H12BrFN2O2. The molecule has 0 aliphatic rings. The van der Waals surface area contributed by atoms with E-state index >= 15 is 0 Å². The summed E-state index contributed by atoms with van der Waals surface area (Å²) in [5, 5.41) is 5.51. The summed E-state index contributed by atoms with van der Waals surface area (Å²) in [6.07, 6.45) is 0. The van der Waals surface area contributed by atoms with Crippen LogP contribution in [0.1, 0.15) is 12.7 Å². The first kappa shape index (κ1) is 13.6. The Bertz CT molecular complexity index is 598. The van der Waals surface area contributed by atoms with Crippen LogP contribution in [0.4, 0.5) is 15.8 Å². The minimum atomic E-state index is -0.389. The van der Waals surface area contributed by atoms with Crippen molar-refractivity contribution < 1.29 is 13.6 Å². The predicted molar refractivity (Wildman–Crippen MR) is 74.4 cm³/mol. The molecule has 2 N–H and O–H groups in total. The smallest absolute Gasteiger partial charge is 0.221 e. The van der Waals surface area contributed by atoms with Gasteiger partial charge in [-0.1, -0.05) is 0 Å². The second-order valence-electron chi connectivity index (χ2n) is 3.94. The third kappa shape index (κ3) is 3.82. The topological polar surface area (TPSA) is 54.3 Å². The third-order valence-electron chi connectivity index (χ3n) is 2.37. The van der Waals surface area contributed by atoms with Gasteiger partial charge in [0.05, 0.1) is 12.2 Å². The Morgan fingerprint density at radius 3 is 2.79 bits per heavy atom. The van der Waals surface area contributed by atoms with E-state index in [4.69, 9.17) is 4.42 Å². The van der Waals surface area contributed by atoms with Crippen molar-refractivity contribution in [2.45, 2.75) is 13.5 Å². The summed E-state index contributed by atoms with van der Waals surface area (Å²) in [6, 6.07) is 7.89. The molecule has 1 aromatic heterocycles. The number of benzene rings is 1. The largest absolute Gasteiger partial charge is 0.452 e. The summed E-state index contributed by atoms with van der Waals surface area (Å²) >= 11 is 3.20. The van der Waals surface area contributed by atoms with E-state index < -0.39 is 0 Å². The molecule has 0 fully saturated rings. The standard InChI is InChI=1S/C13H12BrFN2O2/c1-8(18)17-9-2-4-11(15)12(6-9)16-7-10-3-5-13(14)19-10/h2-6,16H,7H2,1H3,(H,17,18). The lowest BCUT2D eigenvalue weighted by molar-refractivity contribution is -0.114. The zero-order chi connectivity index (χ0) is 13.8. The van der Waals surface area contributed by atoms with Crippen molar-refractivity contribution >= 4 is 33.2 Å². The van der Waals surface area contributed by atoms with Gasteiger partial charge in [0.15, 0.2) is 4.67 Å². The lowest BCUT2D eigenvalue weighted by Gasteiger charge is -2.09. The van der Waals surface area contributed by atoms with Crippen LogP contribution < -0.4 is 10.6 Å². The van der Waals surface area contributed by atoms with E-state index in [1.165, 1.54) is 25.1 Å². The predicted octanol–water partition coefficient (Wildman–Crippen LogP) is 3.75. The van der Waals surface area contributed by atoms with Gasteiger partial charge in [0.25, 0.3) is 0 Å². The van der Waals surface area contributed by atoms with Crippen LogP contribution in [0.5, 0.6) is 0 Å². The molecule has 0 radical (unpaired) electrons. The van der Waals surface area contributed by atoms with Crippen LogP contribution in [0.2, 0.25) is 0 Å². The fourth-order valence-electron chi connectivity index (χ4n) is 1.57. The summed E-state index contributed by atoms with van der Waals surface area (Å²) in [7, 11) is 0. The zero-order valence-corrected chi connectivity index (χ0v) is 11.8. The minimum Gasteiger partial charge on any atom is -0.452 e. The molecule has 0 aliphatic carbocycles. The van der Waals surface area contributed by atoms with E-state index in [-0.39, 0.29) is 11.7 Å². The second-order valence-corrected chi connectivity index (χ2v) is 4.72. The maximum atomic E-state index is 13.6. The summed E-state index contributed by atoms with van der Waals surface area (Å²) in [5.41, 5.74) is 0.843. The summed E-state index contributed by atoms with van der Waals surface area (Å²) in [6.45, 7) is 1.75. The zero-order valence-electron chi connectivity index (χ0n) is 10.2. The van der Waals surface area contributed by atoms with Crippen molar-refractivity contribution in [3.05, 3.63) is 46.6 Å². The van der Waals surface area contributed by atoms with E-state index in [0.29, 0.717) is 28.3 Å². The fraction of sp³-hybridized carbons (Fsp3) is 0.154. The van der Waals surface area contributed by atoms with Crippen molar-refractivity contribution in [2.24, 2.45) is 0 Å². The fourth-order valence-corrected chi connectivity index (χ4v) is 1.91. The number of furan rings is 1. The molecule has 0 unspecified atom stereocenters. The SMILES string of the molecule is CC(=O)Nc1ccc(F)c(NCc2ccc(Br)o2)c1. The van der Waals surface area contributed by atoms with Crippen molar-refractivity contribution in [2.75, 3.05) is 10.6 Å². The van der Waals surface area contributed by atoms with Crippen molar-refractivity contribution in [3.63, 3.8) is 0 Å². The maximum absolute atomic E-state index is 13.6. The molecule has 0 bridgehead atoms. The molecule has 0 saturated heterocycles. The average molecular weight is 327 g/mol. The van der Waals surface area contributed by atoms with Crippen molar-refractivity contribution in [1.82, 2.24) is 0 Å². The van der Waals surface area contributed by atoms with Crippen LogP contribution in [0.3, 0.4) is 0 Å². The molecule has 19 heavy (non-hydrogen) atoms. The van der Waals surface area contributed by atoms with Gasteiger partial charge in [-0.25, -0.2) is 4.39 Å². The van der Waals surface area contributed by atoms with Crippen LogP contribution >= 0.6 is 15.9 Å². The molecule has 100 valence electrons. The molecule has 2 aromatic rings. The van der Waals surface area contributed by atoms with Gasteiger partial charge in [0.2, 0.25) is 5.91 Å². The monoisotopic (exact) mass is 326 g/mol.